The van der Waals surface area contributed by atoms with Crippen molar-refractivity contribution in [2.45, 2.75) is 4.90 Å². The van der Waals surface area contributed by atoms with Gasteiger partial charge in [-0.1, -0.05) is 35.9 Å². The summed E-state index contributed by atoms with van der Waals surface area (Å²) in [6.45, 7) is 0. The van der Waals surface area contributed by atoms with E-state index < -0.39 is 21.8 Å². The highest BCUT2D eigenvalue weighted by Crippen LogP contribution is 2.31. The average Bonchev–Trinajstić information content (AvgIpc) is 2.61. The van der Waals surface area contributed by atoms with Crippen LogP contribution in [0.1, 0.15) is 20.7 Å². The van der Waals surface area contributed by atoms with E-state index >= 15 is 0 Å². The molecule has 0 unspecified atom stereocenters. The van der Waals surface area contributed by atoms with E-state index in [-0.39, 0.29) is 21.2 Å². The summed E-state index contributed by atoms with van der Waals surface area (Å²) in [5.41, 5.74) is 0.702. The van der Waals surface area contributed by atoms with E-state index in [1.54, 1.807) is 36.4 Å². The predicted octanol–water partition coefficient (Wildman–Crippen LogP) is 3.18. The van der Waals surface area contributed by atoms with Gasteiger partial charge in [0.15, 0.2) is 0 Å². The summed E-state index contributed by atoms with van der Waals surface area (Å²) in [7, 11) is -3.98. The van der Waals surface area contributed by atoms with Gasteiger partial charge in [0.1, 0.15) is 0 Å². The van der Waals surface area contributed by atoms with Crippen LogP contribution in [0.2, 0.25) is 5.02 Å². The number of hydrogen-bond acceptors (Lipinski definition) is 4. The van der Waals surface area contributed by atoms with Gasteiger partial charge >= 0.3 is 0 Å². The summed E-state index contributed by atoms with van der Waals surface area (Å²) in [5, 5.41) is 3.40. The number of anilines is 1. The standard InChI is InChI=1S/C18H11ClN2O4S/c19-14-6-1-2-7-15(14)21-26(24,25)11-8-10-4-3-5-12-16(10)13(9-11)18(23)20-17(12)22/h1-9,21H,(H,20,22,23). The van der Waals surface area contributed by atoms with Crippen LogP contribution < -0.4 is 10.0 Å². The maximum absolute atomic E-state index is 12.8. The van der Waals surface area contributed by atoms with Gasteiger partial charge in [-0.3, -0.25) is 19.6 Å². The fourth-order valence-corrected chi connectivity index (χ4v) is 4.29. The molecule has 6 nitrogen and oxygen atoms in total. The number of benzene rings is 3. The summed E-state index contributed by atoms with van der Waals surface area (Å²) in [6.07, 6.45) is 0. The van der Waals surface area contributed by atoms with Crippen molar-refractivity contribution < 1.29 is 18.0 Å². The van der Waals surface area contributed by atoms with E-state index in [2.05, 4.69) is 10.0 Å². The summed E-state index contributed by atoms with van der Waals surface area (Å²) in [5.74, 6) is -1.13. The molecule has 0 radical (unpaired) electrons. The summed E-state index contributed by atoms with van der Waals surface area (Å²) < 4.78 is 28.0. The minimum Gasteiger partial charge on any atom is -0.288 e. The highest BCUT2D eigenvalue weighted by Gasteiger charge is 2.27. The second-order valence-electron chi connectivity index (χ2n) is 5.74. The van der Waals surface area contributed by atoms with Crippen LogP contribution in [0.25, 0.3) is 10.8 Å². The van der Waals surface area contributed by atoms with Crippen LogP contribution in [0.5, 0.6) is 0 Å². The number of para-hydroxylation sites is 1. The minimum atomic E-state index is -3.98. The lowest BCUT2D eigenvalue weighted by Gasteiger charge is -2.18. The maximum Gasteiger partial charge on any atom is 0.261 e. The van der Waals surface area contributed by atoms with Crippen molar-refractivity contribution in [3.8, 4) is 0 Å². The van der Waals surface area contributed by atoms with Crippen molar-refractivity contribution in [3.63, 3.8) is 0 Å². The number of nitrogens with one attached hydrogen (secondary N) is 2. The number of rotatable bonds is 3. The van der Waals surface area contributed by atoms with Crippen LogP contribution in [0.4, 0.5) is 5.69 Å². The van der Waals surface area contributed by atoms with Gasteiger partial charge in [0.05, 0.1) is 15.6 Å². The van der Waals surface area contributed by atoms with E-state index in [0.717, 1.165) is 0 Å². The molecule has 0 bridgehead atoms. The Morgan fingerprint density at radius 3 is 2.38 bits per heavy atom. The van der Waals surface area contributed by atoms with Gasteiger partial charge < -0.3 is 0 Å². The van der Waals surface area contributed by atoms with Crippen molar-refractivity contribution >= 4 is 49.9 Å². The fraction of sp³-hybridized carbons (Fsp3) is 0. The molecule has 0 aromatic heterocycles. The molecule has 130 valence electrons. The second-order valence-corrected chi connectivity index (χ2v) is 7.83. The Bertz CT molecular complexity index is 1210. The monoisotopic (exact) mass is 386 g/mol. The predicted molar refractivity (Wildman–Crippen MR) is 98.0 cm³/mol. The zero-order valence-corrected chi connectivity index (χ0v) is 14.7. The number of halogens is 1. The lowest BCUT2D eigenvalue weighted by Crippen LogP contribution is -2.34. The first kappa shape index (κ1) is 16.6. The van der Waals surface area contributed by atoms with Gasteiger partial charge in [-0.2, -0.15) is 0 Å². The first-order valence-corrected chi connectivity index (χ1v) is 9.43. The third kappa shape index (κ3) is 2.61. The minimum absolute atomic E-state index is 0.0958. The molecule has 4 rings (SSSR count). The van der Waals surface area contributed by atoms with Gasteiger partial charge in [0, 0.05) is 16.5 Å². The lowest BCUT2D eigenvalue weighted by atomic mass is 9.95. The third-order valence-electron chi connectivity index (χ3n) is 4.10. The Kier molecular flexibility index (Phi) is 3.71. The number of sulfonamides is 1. The van der Waals surface area contributed by atoms with Crippen molar-refractivity contribution in [2.24, 2.45) is 0 Å². The number of carbonyl (C=O) groups excluding carboxylic acids is 2. The highest BCUT2D eigenvalue weighted by molar-refractivity contribution is 7.92. The Labute approximate surface area is 153 Å². The molecular formula is C18H11ClN2O4S. The van der Waals surface area contributed by atoms with Gasteiger partial charge in [0.2, 0.25) is 0 Å². The number of carbonyl (C=O) groups is 2. The zero-order chi connectivity index (χ0) is 18.5. The molecule has 8 heteroatoms. The van der Waals surface area contributed by atoms with E-state index in [1.165, 1.54) is 18.2 Å². The van der Waals surface area contributed by atoms with Gasteiger partial charge in [-0.15, -0.1) is 0 Å². The van der Waals surface area contributed by atoms with Crippen LogP contribution in [0.3, 0.4) is 0 Å². The van der Waals surface area contributed by atoms with Gasteiger partial charge in [-0.05, 0) is 35.7 Å². The van der Waals surface area contributed by atoms with Gasteiger partial charge in [0.25, 0.3) is 21.8 Å². The van der Waals surface area contributed by atoms with Crippen LogP contribution in [-0.4, -0.2) is 20.2 Å². The first-order chi connectivity index (χ1) is 12.4. The fourth-order valence-electron chi connectivity index (χ4n) is 2.91. The number of amides is 2. The van der Waals surface area contributed by atoms with Crippen molar-refractivity contribution in [2.75, 3.05) is 4.72 Å². The van der Waals surface area contributed by atoms with E-state index in [9.17, 15) is 18.0 Å². The van der Waals surface area contributed by atoms with Gasteiger partial charge in [-0.25, -0.2) is 8.42 Å². The molecule has 0 atom stereocenters. The lowest BCUT2D eigenvalue weighted by molar-refractivity contribution is 0.0845. The Balaban J connectivity index is 1.90. The van der Waals surface area contributed by atoms with Crippen LogP contribution in [0, 0.1) is 0 Å². The molecule has 26 heavy (non-hydrogen) atoms. The molecule has 3 aromatic rings. The van der Waals surface area contributed by atoms with Crippen molar-refractivity contribution in [1.82, 2.24) is 5.32 Å². The molecule has 0 aliphatic carbocycles. The third-order valence-corrected chi connectivity index (χ3v) is 5.77. The molecule has 1 aliphatic heterocycles. The SMILES string of the molecule is O=C1NC(=O)c2cc(S(=O)(=O)Nc3ccccc3Cl)cc3cccc1c23. The molecule has 2 N–H and O–H groups in total. The Morgan fingerprint density at radius 2 is 1.62 bits per heavy atom. The molecule has 0 saturated carbocycles. The largest absolute Gasteiger partial charge is 0.288 e. The average molecular weight is 387 g/mol. The summed E-state index contributed by atoms with van der Waals surface area (Å²) >= 11 is 6.01. The maximum atomic E-state index is 12.8. The molecule has 0 fully saturated rings. The highest BCUT2D eigenvalue weighted by atomic mass is 35.5. The second kappa shape index (κ2) is 5.82. The van der Waals surface area contributed by atoms with Crippen LogP contribution >= 0.6 is 11.6 Å². The number of imide groups is 1. The van der Waals surface area contributed by atoms with E-state index in [4.69, 9.17) is 11.6 Å². The normalized spacial score (nSPS) is 13.6. The first-order valence-electron chi connectivity index (χ1n) is 7.56. The molecule has 0 spiro atoms. The zero-order valence-electron chi connectivity index (χ0n) is 13.1. The molecule has 1 heterocycles. The summed E-state index contributed by atoms with van der Waals surface area (Å²) in [6, 6.07) is 14.0. The summed E-state index contributed by atoms with van der Waals surface area (Å²) in [4.78, 5) is 24.1. The van der Waals surface area contributed by atoms with E-state index in [0.29, 0.717) is 16.3 Å². The molecule has 3 aromatic carbocycles. The quantitative estimate of drug-likeness (QED) is 0.676. The Hall–Kier alpha value is -2.90. The topological polar surface area (TPSA) is 92.3 Å². The molecular weight excluding hydrogens is 376 g/mol. The Morgan fingerprint density at radius 1 is 0.885 bits per heavy atom. The molecule has 2 amide bonds. The van der Waals surface area contributed by atoms with Crippen molar-refractivity contribution in [3.05, 3.63) is 70.7 Å². The van der Waals surface area contributed by atoms with Crippen LogP contribution in [0.15, 0.2) is 59.5 Å². The van der Waals surface area contributed by atoms with E-state index in [1.807, 2.05) is 0 Å². The smallest absolute Gasteiger partial charge is 0.261 e. The van der Waals surface area contributed by atoms with Crippen molar-refractivity contribution in [1.29, 1.82) is 0 Å². The van der Waals surface area contributed by atoms with Crippen LogP contribution in [-0.2, 0) is 10.0 Å². The molecule has 1 aliphatic rings. The number of hydrogen-bond donors (Lipinski definition) is 2. The molecule has 0 saturated heterocycles.